The van der Waals surface area contributed by atoms with Crippen molar-refractivity contribution < 1.29 is 23.5 Å². The lowest BCUT2D eigenvalue weighted by molar-refractivity contribution is 0.0729. The molecule has 0 fully saturated rings. The van der Waals surface area contributed by atoms with Crippen molar-refractivity contribution >= 4 is 18.1 Å². The number of aromatic nitrogens is 1. The normalized spacial score (nSPS) is 10.6. The van der Waals surface area contributed by atoms with Gasteiger partial charge in [-0.15, -0.1) is 0 Å². The highest BCUT2D eigenvalue weighted by atomic mass is 19.1. The highest BCUT2D eigenvalue weighted by molar-refractivity contribution is 5.95. The van der Waals surface area contributed by atoms with E-state index in [9.17, 15) is 14.0 Å². The predicted octanol–water partition coefficient (Wildman–Crippen LogP) is 3.21. The van der Waals surface area contributed by atoms with Gasteiger partial charge in [0.1, 0.15) is 5.82 Å². The standard InChI is InChI=1S/C21H16FN3O4/c1-28-19-11-14(12-24-25-20(26)16-6-2-3-7-17(16)22)8-9-18(19)29-21(27)15-5-4-10-23-13-15/h2-13H,1H3,(H,25,26)/b24-12-. The van der Waals surface area contributed by atoms with E-state index in [2.05, 4.69) is 15.5 Å². The van der Waals surface area contributed by atoms with Crippen LogP contribution in [0, 0.1) is 5.82 Å². The van der Waals surface area contributed by atoms with Gasteiger partial charge in [-0.1, -0.05) is 12.1 Å². The summed E-state index contributed by atoms with van der Waals surface area (Å²) in [5, 5.41) is 3.81. The van der Waals surface area contributed by atoms with E-state index in [1.807, 2.05) is 0 Å². The van der Waals surface area contributed by atoms with Gasteiger partial charge < -0.3 is 9.47 Å². The number of hydrogen-bond donors (Lipinski definition) is 1. The minimum Gasteiger partial charge on any atom is -0.493 e. The van der Waals surface area contributed by atoms with E-state index in [1.165, 1.54) is 43.8 Å². The Morgan fingerprint density at radius 1 is 1.10 bits per heavy atom. The molecule has 0 radical (unpaired) electrons. The summed E-state index contributed by atoms with van der Waals surface area (Å²) in [6.45, 7) is 0. The summed E-state index contributed by atoms with van der Waals surface area (Å²) in [5.41, 5.74) is 3.01. The summed E-state index contributed by atoms with van der Waals surface area (Å²) in [6.07, 6.45) is 4.30. The fourth-order valence-electron chi connectivity index (χ4n) is 2.36. The summed E-state index contributed by atoms with van der Waals surface area (Å²) in [7, 11) is 1.43. The van der Waals surface area contributed by atoms with E-state index >= 15 is 0 Å². The molecule has 146 valence electrons. The van der Waals surface area contributed by atoms with Gasteiger partial charge in [0.2, 0.25) is 0 Å². The molecule has 8 heteroatoms. The number of hydrogen-bond acceptors (Lipinski definition) is 6. The number of esters is 1. The van der Waals surface area contributed by atoms with E-state index < -0.39 is 17.7 Å². The second-order valence-corrected chi connectivity index (χ2v) is 5.72. The monoisotopic (exact) mass is 393 g/mol. The van der Waals surface area contributed by atoms with Crippen molar-refractivity contribution in [1.82, 2.24) is 10.4 Å². The van der Waals surface area contributed by atoms with Crippen LogP contribution in [0.4, 0.5) is 4.39 Å². The first kappa shape index (κ1) is 19.7. The molecule has 1 heterocycles. The van der Waals surface area contributed by atoms with Crippen molar-refractivity contribution in [3.8, 4) is 11.5 Å². The van der Waals surface area contributed by atoms with Crippen LogP contribution < -0.4 is 14.9 Å². The SMILES string of the molecule is COc1cc(/C=N\NC(=O)c2ccccc2F)ccc1OC(=O)c1cccnc1. The summed E-state index contributed by atoms with van der Waals surface area (Å²) in [6, 6.07) is 13.5. The maximum Gasteiger partial charge on any atom is 0.345 e. The first-order valence-electron chi connectivity index (χ1n) is 8.46. The molecule has 7 nitrogen and oxygen atoms in total. The van der Waals surface area contributed by atoms with Crippen LogP contribution in [0.5, 0.6) is 11.5 Å². The van der Waals surface area contributed by atoms with Crippen molar-refractivity contribution in [1.29, 1.82) is 0 Å². The lowest BCUT2D eigenvalue weighted by atomic mass is 10.2. The van der Waals surface area contributed by atoms with Gasteiger partial charge in [0.15, 0.2) is 11.5 Å². The molecule has 0 aliphatic heterocycles. The quantitative estimate of drug-likeness (QED) is 0.301. The van der Waals surface area contributed by atoms with Crippen LogP contribution in [0.2, 0.25) is 0 Å². The number of pyridine rings is 1. The number of hydrazone groups is 1. The molecule has 0 unspecified atom stereocenters. The fourth-order valence-corrected chi connectivity index (χ4v) is 2.36. The molecular weight excluding hydrogens is 377 g/mol. The number of carbonyl (C=O) groups is 2. The zero-order valence-electron chi connectivity index (χ0n) is 15.3. The third-order valence-corrected chi connectivity index (χ3v) is 3.79. The van der Waals surface area contributed by atoms with Crippen LogP contribution >= 0.6 is 0 Å². The maximum absolute atomic E-state index is 13.6. The molecule has 3 rings (SSSR count). The number of benzene rings is 2. The Kier molecular flexibility index (Phi) is 6.26. The predicted molar refractivity (Wildman–Crippen MR) is 104 cm³/mol. The minimum absolute atomic E-state index is 0.111. The van der Waals surface area contributed by atoms with E-state index in [1.54, 1.807) is 36.5 Å². The average Bonchev–Trinajstić information content (AvgIpc) is 2.75. The Morgan fingerprint density at radius 3 is 2.66 bits per heavy atom. The zero-order chi connectivity index (χ0) is 20.6. The number of ether oxygens (including phenoxy) is 2. The summed E-state index contributed by atoms with van der Waals surface area (Å²) < 4.78 is 24.2. The largest absolute Gasteiger partial charge is 0.493 e. The molecule has 0 atom stereocenters. The number of methoxy groups -OCH3 is 1. The summed E-state index contributed by atoms with van der Waals surface area (Å²) in [5.74, 6) is -1.37. The summed E-state index contributed by atoms with van der Waals surface area (Å²) in [4.78, 5) is 28.0. The molecule has 0 saturated heterocycles. The first-order valence-corrected chi connectivity index (χ1v) is 8.46. The Labute approximate surface area is 165 Å². The van der Waals surface area contributed by atoms with Crippen LogP contribution in [0.25, 0.3) is 0 Å². The summed E-state index contributed by atoms with van der Waals surface area (Å²) >= 11 is 0. The zero-order valence-corrected chi connectivity index (χ0v) is 15.3. The fraction of sp³-hybridized carbons (Fsp3) is 0.0476. The van der Waals surface area contributed by atoms with Gasteiger partial charge >= 0.3 is 5.97 Å². The van der Waals surface area contributed by atoms with Crippen LogP contribution in [0.1, 0.15) is 26.3 Å². The van der Waals surface area contributed by atoms with Crippen LogP contribution in [0.3, 0.4) is 0 Å². The van der Waals surface area contributed by atoms with Gasteiger partial charge in [-0.3, -0.25) is 9.78 Å². The Bertz CT molecular complexity index is 1050. The first-order chi connectivity index (χ1) is 14.1. The van der Waals surface area contributed by atoms with Gasteiger partial charge in [0.05, 0.1) is 24.5 Å². The van der Waals surface area contributed by atoms with E-state index in [-0.39, 0.29) is 11.3 Å². The highest BCUT2D eigenvalue weighted by Crippen LogP contribution is 2.28. The molecule has 1 N–H and O–H groups in total. The highest BCUT2D eigenvalue weighted by Gasteiger charge is 2.13. The van der Waals surface area contributed by atoms with Crippen LogP contribution in [-0.2, 0) is 0 Å². The van der Waals surface area contributed by atoms with Crippen LogP contribution in [-0.4, -0.2) is 30.2 Å². The number of nitrogens with one attached hydrogen (secondary N) is 1. The molecule has 2 aromatic carbocycles. The van der Waals surface area contributed by atoms with Crippen molar-refractivity contribution in [3.05, 3.63) is 89.5 Å². The number of amides is 1. The van der Waals surface area contributed by atoms with Gasteiger partial charge in [-0.05, 0) is 48.0 Å². The molecule has 0 aliphatic rings. The van der Waals surface area contributed by atoms with E-state index in [4.69, 9.17) is 9.47 Å². The van der Waals surface area contributed by atoms with Crippen LogP contribution in [0.15, 0.2) is 72.1 Å². The average molecular weight is 393 g/mol. The molecule has 1 aromatic heterocycles. The lowest BCUT2D eigenvalue weighted by Gasteiger charge is -2.09. The molecular formula is C21H16FN3O4. The number of rotatable bonds is 6. The number of carbonyl (C=O) groups excluding carboxylic acids is 2. The maximum atomic E-state index is 13.6. The third-order valence-electron chi connectivity index (χ3n) is 3.79. The molecule has 1 amide bonds. The van der Waals surface area contributed by atoms with E-state index in [0.29, 0.717) is 16.9 Å². The van der Waals surface area contributed by atoms with Gasteiger partial charge in [0, 0.05) is 12.4 Å². The second kappa shape index (κ2) is 9.23. The number of nitrogens with zero attached hydrogens (tertiary/aromatic N) is 2. The third kappa shape index (κ3) is 5.01. The Balaban J connectivity index is 1.68. The Hall–Kier alpha value is -4.07. The smallest absolute Gasteiger partial charge is 0.345 e. The van der Waals surface area contributed by atoms with E-state index in [0.717, 1.165) is 0 Å². The molecule has 29 heavy (non-hydrogen) atoms. The van der Waals surface area contributed by atoms with Gasteiger partial charge in [0.25, 0.3) is 5.91 Å². The number of halogens is 1. The van der Waals surface area contributed by atoms with Crippen molar-refractivity contribution in [3.63, 3.8) is 0 Å². The molecule has 3 aromatic rings. The van der Waals surface area contributed by atoms with Crippen molar-refractivity contribution in [2.45, 2.75) is 0 Å². The second-order valence-electron chi connectivity index (χ2n) is 5.72. The topological polar surface area (TPSA) is 89.9 Å². The lowest BCUT2D eigenvalue weighted by Crippen LogP contribution is -2.18. The van der Waals surface area contributed by atoms with Gasteiger partial charge in [-0.25, -0.2) is 14.6 Å². The van der Waals surface area contributed by atoms with Gasteiger partial charge in [-0.2, -0.15) is 5.10 Å². The Morgan fingerprint density at radius 2 is 1.93 bits per heavy atom. The molecule has 0 spiro atoms. The van der Waals surface area contributed by atoms with Crippen molar-refractivity contribution in [2.24, 2.45) is 5.10 Å². The molecule has 0 aliphatic carbocycles. The molecule has 0 bridgehead atoms. The molecule has 0 saturated carbocycles. The minimum atomic E-state index is -0.673. The van der Waals surface area contributed by atoms with Crippen molar-refractivity contribution in [2.75, 3.05) is 7.11 Å².